The summed E-state index contributed by atoms with van der Waals surface area (Å²) in [7, 11) is -4.08. The molecule has 0 fully saturated rings. The van der Waals surface area contributed by atoms with Crippen molar-refractivity contribution in [3.63, 3.8) is 0 Å². The Bertz CT molecular complexity index is 1970. The third-order valence-electron chi connectivity index (χ3n) is 6.89. The average Bonchev–Trinajstić information content (AvgIpc) is 3.33. The van der Waals surface area contributed by atoms with Crippen LogP contribution in [0, 0.1) is 20.8 Å². The molecule has 1 heterocycles. The molecule has 2 amide bonds. The van der Waals surface area contributed by atoms with Gasteiger partial charge in [0.05, 0.1) is 4.90 Å². The van der Waals surface area contributed by atoms with Crippen molar-refractivity contribution in [2.75, 3.05) is 10.6 Å². The third-order valence-corrected chi connectivity index (χ3v) is 8.90. The largest absolute Gasteiger partial charge is 0.480 e. The van der Waals surface area contributed by atoms with Gasteiger partial charge in [-0.2, -0.15) is 9.71 Å². The minimum absolute atomic E-state index is 0.0256. The molecule has 4 aromatic carbocycles. The molecule has 1 aromatic heterocycles. The summed E-state index contributed by atoms with van der Waals surface area (Å²) in [5.41, 5.74) is 5.78. The molecular weight excluding hydrogens is 604 g/mol. The molecule has 44 heavy (non-hydrogen) atoms. The number of fused-ring (bicyclic) bond motifs is 1. The fourth-order valence-corrected chi connectivity index (χ4v) is 6.88. The number of nitrogens with zero attached hydrogens (tertiary/aromatic N) is 1. The highest BCUT2D eigenvalue weighted by atomic mass is 35.5. The van der Waals surface area contributed by atoms with Crippen molar-refractivity contribution in [1.82, 2.24) is 9.71 Å². The second-order valence-corrected chi connectivity index (χ2v) is 12.5. The lowest BCUT2D eigenvalue weighted by atomic mass is 10.0. The quantitative estimate of drug-likeness (QED) is 0.141. The van der Waals surface area contributed by atoms with E-state index in [1.807, 2.05) is 13.0 Å². The smallest absolute Gasteiger partial charge is 0.327 e. The highest BCUT2D eigenvalue weighted by molar-refractivity contribution is 7.89. The Morgan fingerprint density at radius 3 is 2.30 bits per heavy atom. The first-order chi connectivity index (χ1) is 20.9. The van der Waals surface area contributed by atoms with E-state index < -0.39 is 28.1 Å². The van der Waals surface area contributed by atoms with Gasteiger partial charge >= 0.3 is 18.0 Å². The number of aryl methyl sites for hydroxylation is 3. The Morgan fingerprint density at radius 2 is 1.61 bits per heavy atom. The fourth-order valence-electron chi connectivity index (χ4n) is 5.08. The zero-order valence-corrected chi connectivity index (χ0v) is 25.6. The van der Waals surface area contributed by atoms with Gasteiger partial charge in [-0.15, -0.1) is 0 Å². The molecule has 0 bridgehead atoms. The summed E-state index contributed by atoms with van der Waals surface area (Å²) in [5.74, 6) is -1.28. The summed E-state index contributed by atoms with van der Waals surface area (Å²) >= 11 is 5.98. The first-order valence-corrected chi connectivity index (χ1v) is 15.4. The van der Waals surface area contributed by atoms with Gasteiger partial charge in [0.1, 0.15) is 11.6 Å². The number of aliphatic carboxylic acids is 1. The number of halogens is 1. The van der Waals surface area contributed by atoms with E-state index in [0.717, 1.165) is 16.7 Å². The highest BCUT2D eigenvalue weighted by Crippen LogP contribution is 2.26. The minimum Gasteiger partial charge on any atom is -0.480 e. The number of aromatic nitrogens is 1. The van der Waals surface area contributed by atoms with Crippen molar-refractivity contribution < 1.29 is 27.5 Å². The molecule has 0 saturated heterocycles. The van der Waals surface area contributed by atoms with E-state index >= 15 is 0 Å². The summed E-state index contributed by atoms with van der Waals surface area (Å²) in [5, 5.41) is 15.6. The minimum atomic E-state index is -4.08. The van der Waals surface area contributed by atoms with E-state index in [2.05, 4.69) is 20.3 Å². The number of oxazole rings is 1. The number of carbonyl (C=O) groups excluding carboxylic acids is 1. The van der Waals surface area contributed by atoms with Crippen molar-refractivity contribution in [2.45, 2.75) is 38.1 Å². The van der Waals surface area contributed by atoms with E-state index in [0.29, 0.717) is 38.5 Å². The summed E-state index contributed by atoms with van der Waals surface area (Å²) in [6.45, 7) is 5.25. The Balaban J connectivity index is 1.25. The van der Waals surface area contributed by atoms with E-state index in [9.17, 15) is 23.1 Å². The summed E-state index contributed by atoms with van der Waals surface area (Å²) in [6, 6.07) is 20.8. The highest BCUT2D eigenvalue weighted by Gasteiger charge is 2.28. The lowest BCUT2D eigenvalue weighted by molar-refractivity contribution is -0.138. The number of nitrogens with one attached hydrogen (secondary N) is 3. The van der Waals surface area contributed by atoms with Crippen LogP contribution in [0.5, 0.6) is 0 Å². The molecule has 0 spiro atoms. The Kier molecular flexibility index (Phi) is 8.73. The second-order valence-electron chi connectivity index (χ2n) is 10.4. The van der Waals surface area contributed by atoms with Crippen molar-refractivity contribution in [3.8, 4) is 11.1 Å². The van der Waals surface area contributed by atoms with E-state index in [1.54, 1.807) is 86.6 Å². The summed E-state index contributed by atoms with van der Waals surface area (Å²) in [4.78, 5) is 28.9. The molecule has 226 valence electrons. The molecule has 10 nitrogen and oxygen atoms in total. The lowest BCUT2D eigenvalue weighted by Crippen LogP contribution is -2.42. The molecule has 5 rings (SSSR count). The van der Waals surface area contributed by atoms with Crippen LogP contribution in [0.3, 0.4) is 0 Å². The predicted octanol–water partition coefficient (Wildman–Crippen LogP) is 6.69. The molecule has 1 atom stereocenters. The third kappa shape index (κ3) is 7.08. The molecule has 4 N–H and O–H groups in total. The van der Waals surface area contributed by atoms with Gasteiger partial charge in [0.15, 0.2) is 5.58 Å². The van der Waals surface area contributed by atoms with Crippen molar-refractivity contribution >= 4 is 56.4 Å². The Hall–Kier alpha value is -4.71. The zero-order valence-electron chi connectivity index (χ0n) is 24.0. The SMILES string of the molecule is Cc1cc(C)c(S(=O)(=O)NC(Cc2ccc(-c3cccc(NC(=O)Nc4nc5cc(Cl)ccc5o4)c3)cc2)C(=O)O)c(C)c1. The van der Waals surface area contributed by atoms with Crippen LogP contribution >= 0.6 is 11.6 Å². The number of hydrogen-bond donors (Lipinski definition) is 4. The number of sulfonamides is 1. The standard InChI is InChI=1S/C32H29ClN4O6S/c1-18-13-19(2)29(20(3)14-18)44(41,42)37-27(30(38)39)15-21-7-9-22(10-8-21)23-5-4-6-25(16-23)34-31(40)36-32-35-26-17-24(33)11-12-28(26)43-32/h4-14,16-17,27,37H,15H2,1-3H3,(H,38,39)(H2,34,35,36,40). The van der Waals surface area contributed by atoms with Crippen molar-refractivity contribution in [1.29, 1.82) is 0 Å². The number of hydrogen-bond acceptors (Lipinski definition) is 6. The Morgan fingerprint density at radius 1 is 0.909 bits per heavy atom. The van der Waals surface area contributed by atoms with Crippen molar-refractivity contribution in [3.05, 3.63) is 106 Å². The number of rotatable bonds is 9. The van der Waals surface area contributed by atoms with Crippen molar-refractivity contribution in [2.24, 2.45) is 0 Å². The predicted molar refractivity (Wildman–Crippen MR) is 170 cm³/mol. The van der Waals surface area contributed by atoms with Crippen LogP contribution in [0.25, 0.3) is 22.2 Å². The first-order valence-electron chi connectivity index (χ1n) is 13.5. The fraction of sp³-hybridized carbons (Fsp3) is 0.156. The average molecular weight is 633 g/mol. The maximum Gasteiger partial charge on any atom is 0.327 e. The van der Waals surface area contributed by atoms with E-state index in [1.165, 1.54) is 0 Å². The molecule has 5 aromatic rings. The van der Waals surface area contributed by atoms with Gasteiger partial charge in [-0.3, -0.25) is 10.1 Å². The van der Waals surface area contributed by atoms with Crippen LogP contribution < -0.4 is 15.4 Å². The number of carboxylic acid groups (broad SMARTS) is 1. The summed E-state index contributed by atoms with van der Waals surface area (Å²) < 4.78 is 34.2. The molecule has 0 radical (unpaired) electrons. The molecule has 0 aliphatic rings. The molecule has 12 heteroatoms. The number of urea groups is 1. The molecule has 0 aliphatic carbocycles. The van der Waals surface area contributed by atoms with Crippen LogP contribution in [0.1, 0.15) is 22.3 Å². The van der Waals surface area contributed by atoms with Crippen LogP contribution in [-0.2, 0) is 21.2 Å². The lowest BCUT2D eigenvalue weighted by Gasteiger charge is -2.18. The molecular formula is C32H29ClN4O6S. The van der Waals surface area contributed by atoms with Gasteiger partial charge in [-0.1, -0.05) is 65.7 Å². The monoisotopic (exact) mass is 632 g/mol. The number of anilines is 2. The van der Waals surface area contributed by atoms with Gasteiger partial charge in [-0.25, -0.2) is 13.2 Å². The first kappa shape index (κ1) is 30.7. The zero-order chi connectivity index (χ0) is 31.6. The number of carboxylic acids is 1. The van der Waals surface area contributed by atoms with Gasteiger partial charge in [-0.05, 0) is 85.3 Å². The summed E-state index contributed by atoms with van der Waals surface area (Å²) in [6.07, 6.45) is -0.0530. The maximum atomic E-state index is 13.2. The van der Waals surface area contributed by atoms with E-state index in [-0.39, 0.29) is 17.3 Å². The maximum absolute atomic E-state index is 13.2. The van der Waals surface area contributed by atoms with E-state index in [4.69, 9.17) is 16.0 Å². The second kappa shape index (κ2) is 12.5. The molecule has 0 aliphatic heterocycles. The van der Waals surface area contributed by atoms with Gasteiger partial charge in [0, 0.05) is 10.7 Å². The van der Waals surface area contributed by atoms with Crippen LogP contribution in [0.4, 0.5) is 16.5 Å². The topological polar surface area (TPSA) is 151 Å². The van der Waals surface area contributed by atoms with Gasteiger partial charge in [0.2, 0.25) is 10.0 Å². The number of benzene rings is 4. The van der Waals surface area contributed by atoms with Gasteiger partial charge in [0.25, 0.3) is 0 Å². The molecule has 1 unspecified atom stereocenters. The number of amides is 2. The number of carbonyl (C=O) groups is 2. The normalized spacial score (nSPS) is 12.2. The van der Waals surface area contributed by atoms with Crippen LogP contribution in [0.15, 0.2) is 88.2 Å². The Labute approximate surface area is 259 Å². The van der Waals surface area contributed by atoms with Crippen LogP contribution in [-0.4, -0.2) is 36.6 Å². The van der Waals surface area contributed by atoms with Gasteiger partial charge < -0.3 is 14.8 Å². The van der Waals surface area contributed by atoms with Crippen LogP contribution in [0.2, 0.25) is 5.02 Å². The molecule has 0 saturated carbocycles.